The minimum atomic E-state index is 0.177. The van der Waals surface area contributed by atoms with Crippen LogP contribution in [0.3, 0.4) is 0 Å². The van der Waals surface area contributed by atoms with Crippen LogP contribution in [0.2, 0.25) is 0 Å². The van der Waals surface area contributed by atoms with E-state index in [9.17, 15) is 0 Å². The van der Waals surface area contributed by atoms with Crippen LogP contribution in [0.1, 0.15) is 31.7 Å². The maximum Gasteiger partial charge on any atom is 0.122 e. The van der Waals surface area contributed by atoms with E-state index < -0.39 is 0 Å². The van der Waals surface area contributed by atoms with Crippen LogP contribution in [0.25, 0.3) is 0 Å². The summed E-state index contributed by atoms with van der Waals surface area (Å²) in [5, 5.41) is 0. The molecule has 0 saturated heterocycles. The van der Waals surface area contributed by atoms with Gasteiger partial charge in [0.15, 0.2) is 0 Å². The number of hydrogen-bond acceptors (Lipinski definition) is 2. The van der Waals surface area contributed by atoms with Gasteiger partial charge < -0.3 is 4.42 Å². The van der Waals surface area contributed by atoms with Crippen LogP contribution >= 0.6 is 27.3 Å². The second-order valence-corrected chi connectivity index (χ2v) is 6.06. The predicted molar refractivity (Wildman–Crippen MR) is 68.0 cm³/mol. The number of halogens is 1. The highest BCUT2D eigenvalue weighted by Crippen LogP contribution is 2.37. The highest BCUT2D eigenvalue weighted by atomic mass is 79.9. The van der Waals surface area contributed by atoms with Crippen LogP contribution in [0.4, 0.5) is 0 Å². The Bertz CT molecular complexity index is 470. The molecule has 1 nitrogen and oxygen atoms in total. The van der Waals surface area contributed by atoms with Gasteiger partial charge in [-0.1, -0.05) is 15.9 Å². The van der Waals surface area contributed by atoms with E-state index in [1.165, 1.54) is 15.3 Å². The topological polar surface area (TPSA) is 13.1 Å². The molecule has 0 N–H and O–H groups in total. The fourth-order valence-electron chi connectivity index (χ4n) is 1.65. The van der Waals surface area contributed by atoms with E-state index in [1.54, 1.807) is 0 Å². The van der Waals surface area contributed by atoms with E-state index in [2.05, 4.69) is 35.8 Å². The SMILES string of the molecule is Cc1ccc(C(Br)c2cc(C)sc2C)o1. The van der Waals surface area contributed by atoms with Gasteiger partial charge in [0.05, 0.1) is 4.83 Å². The molecular formula is C12H13BrOS. The van der Waals surface area contributed by atoms with Gasteiger partial charge in [-0.15, -0.1) is 11.3 Å². The summed E-state index contributed by atoms with van der Waals surface area (Å²) < 4.78 is 5.62. The Hall–Kier alpha value is -0.540. The molecule has 0 amide bonds. The smallest absolute Gasteiger partial charge is 0.122 e. The first-order valence-corrected chi connectivity index (χ1v) is 6.58. The summed E-state index contributed by atoms with van der Waals surface area (Å²) in [6, 6.07) is 6.25. The molecule has 2 aromatic rings. The molecule has 1 unspecified atom stereocenters. The van der Waals surface area contributed by atoms with Gasteiger partial charge in [-0.3, -0.25) is 0 Å². The number of furan rings is 1. The molecule has 0 bridgehead atoms. The molecule has 3 heteroatoms. The van der Waals surface area contributed by atoms with Gasteiger partial charge >= 0.3 is 0 Å². The molecule has 0 aliphatic carbocycles. The second-order valence-electron chi connectivity index (χ2n) is 3.68. The van der Waals surface area contributed by atoms with Crippen molar-refractivity contribution >= 4 is 27.3 Å². The summed E-state index contributed by atoms with van der Waals surface area (Å²) >= 11 is 5.51. The van der Waals surface area contributed by atoms with Gasteiger partial charge in [0.25, 0.3) is 0 Å². The Balaban J connectivity index is 2.35. The summed E-state index contributed by atoms with van der Waals surface area (Å²) in [6.07, 6.45) is 0. The highest BCUT2D eigenvalue weighted by molar-refractivity contribution is 9.09. The molecule has 2 heterocycles. The van der Waals surface area contributed by atoms with Crippen LogP contribution in [0.5, 0.6) is 0 Å². The van der Waals surface area contributed by atoms with Gasteiger partial charge in [-0.2, -0.15) is 0 Å². The maximum absolute atomic E-state index is 5.62. The van der Waals surface area contributed by atoms with Crippen molar-refractivity contribution in [1.29, 1.82) is 0 Å². The normalized spacial score (nSPS) is 13.1. The number of thiophene rings is 1. The fraction of sp³-hybridized carbons (Fsp3) is 0.333. The quantitative estimate of drug-likeness (QED) is 0.726. The van der Waals surface area contributed by atoms with E-state index in [0.29, 0.717) is 0 Å². The van der Waals surface area contributed by atoms with E-state index in [-0.39, 0.29) is 4.83 Å². The molecule has 0 radical (unpaired) electrons. The predicted octanol–water partition coefficient (Wildman–Crippen LogP) is 4.75. The van der Waals surface area contributed by atoms with Crippen molar-refractivity contribution in [3.05, 3.63) is 45.0 Å². The fourth-order valence-corrected chi connectivity index (χ4v) is 3.48. The van der Waals surface area contributed by atoms with Crippen molar-refractivity contribution in [3.63, 3.8) is 0 Å². The molecule has 0 spiro atoms. The van der Waals surface area contributed by atoms with Crippen molar-refractivity contribution in [1.82, 2.24) is 0 Å². The van der Waals surface area contributed by atoms with Gasteiger partial charge in [-0.25, -0.2) is 0 Å². The average molecular weight is 285 g/mol. The molecule has 2 rings (SSSR count). The summed E-state index contributed by atoms with van der Waals surface area (Å²) in [4.78, 5) is 2.87. The maximum atomic E-state index is 5.62. The summed E-state index contributed by atoms with van der Waals surface area (Å²) in [5.41, 5.74) is 1.31. The van der Waals surface area contributed by atoms with Crippen LogP contribution in [0, 0.1) is 20.8 Å². The Morgan fingerprint density at radius 1 is 1.27 bits per heavy atom. The van der Waals surface area contributed by atoms with E-state index in [1.807, 2.05) is 30.4 Å². The van der Waals surface area contributed by atoms with Crippen molar-refractivity contribution in [2.24, 2.45) is 0 Å². The Morgan fingerprint density at radius 2 is 2.00 bits per heavy atom. The zero-order valence-electron chi connectivity index (χ0n) is 9.00. The van der Waals surface area contributed by atoms with Crippen molar-refractivity contribution in [3.8, 4) is 0 Å². The van der Waals surface area contributed by atoms with E-state index >= 15 is 0 Å². The largest absolute Gasteiger partial charge is 0.465 e. The van der Waals surface area contributed by atoms with Crippen LogP contribution in [-0.2, 0) is 0 Å². The number of alkyl halides is 1. The lowest BCUT2D eigenvalue weighted by atomic mass is 10.1. The first-order valence-electron chi connectivity index (χ1n) is 4.85. The first-order chi connectivity index (χ1) is 7.08. The lowest BCUT2D eigenvalue weighted by molar-refractivity contribution is 0.492. The lowest BCUT2D eigenvalue weighted by Gasteiger charge is -2.05. The zero-order valence-corrected chi connectivity index (χ0v) is 11.4. The molecule has 2 aromatic heterocycles. The van der Waals surface area contributed by atoms with E-state index in [4.69, 9.17) is 4.42 Å². The third-order valence-electron chi connectivity index (χ3n) is 2.36. The molecule has 0 fully saturated rings. The van der Waals surface area contributed by atoms with Gasteiger partial charge in [0.2, 0.25) is 0 Å². The second kappa shape index (κ2) is 4.14. The highest BCUT2D eigenvalue weighted by Gasteiger charge is 2.17. The summed E-state index contributed by atoms with van der Waals surface area (Å²) in [5.74, 6) is 1.94. The third kappa shape index (κ3) is 2.18. The first kappa shape index (κ1) is 11.0. The third-order valence-corrected chi connectivity index (χ3v) is 4.29. The summed E-state index contributed by atoms with van der Waals surface area (Å²) in [7, 11) is 0. The van der Waals surface area contributed by atoms with Crippen molar-refractivity contribution in [2.45, 2.75) is 25.6 Å². The lowest BCUT2D eigenvalue weighted by Crippen LogP contribution is -1.89. The molecule has 0 aliphatic heterocycles. The number of hydrogen-bond donors (Lipinski definition) is 0. The average Bonchev–Trinajstić information content (AvgIpc) is 2.71. The minimum Gasteiger partial charge on any atom is -0.465 e. The van der Waals surface area contributed by atoms with Gasteiger partial charge in [0, 0.05) is 9.75 Å². The standard InChI is InChI=1S/C12H13BrOS/c1-7-4-5-11(14-7)12(13)10-6-8(2)15-9(10)3/h4-6,12H,1-3H3. The molecule has 80 valence electrons. The molecule has 1 atom stereocenters. The molecule has 0 aromatic carbocycles. The van der Waals surface area contributed by atoms with Gasteiger partial charge in [-0.05, 0) is 44.5 Å². The molecule has 0 saturated carbocycles. The molecule has 15 heavy (non-hydrogen) atoms. The summed E-state index contributed by atoms with van der Waals surface area (Å²) in [6.45, 7) is 6.25. The zero-order chi connectivity index (χ0) is 11.0. The monoisotopic (exact) mass is 284 g/mol. The Kier molecular flexibility index (Phi) is 3.03. The van der Waals surface area contributed by atoms with E-state index in [0.717, 1.165) is 11.5 Å². The Morgan fingerprint density at radius 3 is 2.47 bits per heavy atom. The minimum absolute atomic E-state index is 0.177. The van der Waals surface area contributed by atoms with Crippen molar-refractivity contribution < 1.29 is 4.42 Å². The molecule has 0 aliphatic rings. The van der Waals surface area contributed by atoms with Crippen LogP contribution in [0.15, 0.2) is 22.6 Å². The van der Waals surface area contributed by atoms with Crippen LogP contribution < -0.4 is 0 Å². The van der Waals surface area contributed by atoms with Crippen molar-refractivity contribution in [2.75, 3.05) is 0 Å². The number of aryl methyl sites for hydroxylation is 3. The van der Waals surface area contributed by atoms with Gasteiger partial charge in [0.1, 0.15) is 11.5 Å². The number of rotatable bonds is 2. The molecular weight excluding hydrogens is 272 g/mol. The Labute approximate surface area is 102 Å². The van der Waals surface area contributed by atoms with Crippen LogP contribution in [-0.4, -0.2) is 0 Å².